The summed E-state index contributed by atoms with van der Waals surface area (Å²) < 4.78 is 16.4. The molecule has 0 bridgehead atoms. The number of methoxy groups -OCH3 is 2. The van der Waals surface area contributed by atoms with Crippen LogP contribution in [0.1, 0.15) is 5.56 Å². The third-order valence-electron chi connectivity index (χ3n) is 3.82. The second-order valence-corrected chi connectivity index (χ2v) is 4.88. The lowest BCUT2D eigenvalue weighted by molar-refractivity contribution is -1.13. The van der Waals surface area contributed by atoms with Crippen LogP contribution in [0.5, 0.6) is 0 Å². The second kappa shape index (κ2) is 7.49. The fourth-order valence-corrected chi connectivity index (χ4v) is 2.60. The van der Waals surface area contributed by atoms with Crippen LogP contribution >= 0.6 is 0 Å². The summed E-state index contributed by atoms with van der Waals surface area (Å²) in [6.45, 7) is 0.711. The Balaban J connectivity index is 2.50. The van der Waals surface area contributed by atoms with Crippen molar-refractivity contribution in [3.05, 3.63) is 42.1 Å². The maximum atomic E-state index is 9.54. The maximum absolute atomic E-state index is 9.54. The molecule has 1 aromatic rings. The zero-order chi connectivity index (χ0) is 16.0. The lowest BCUT2D eigenvalue weighted by Gasteiger charge is -2.43. The van der Waals surface area contributed by atoms with Crippen LogP contribution in [0.3, 0.4) is 0 Å². The molecule has 0 saturated carbocycles. The molecule has 1 aliphatic heterocycles. The molecule has 1 saturated heterocycles. The maximum Gasteiger partial charge on any atom is 0.253 e. The number of allylic oxidation sites excluding steroid dienone is 1. The van der Waals surface area contributed by atoms with Gasteiger partial charge in [0, 0.05) is 14.2 Å². The number of nitrogens with zero attached hydrogens (tertiary/aromatic N) is 2. The van der Waals surface area contributed by atoms with Crippen molar-refractivity contribution in [2.75, 3.05) is 34.5 Å². The minimum Gasteiger partial charge on any atom is -0.363 e. The van der Waals surface area contributed by atoms with E-state index in [0.717, 1.165) is 5.56 Å². The Labute approximate surface area is 130 Å². The van der Waals surface area contributed by atoms with Gasteiger partial charge in [-0.15, -0.1) is 0 Å². The molecule has 2 atom stereocenters. The van der Waals surface area contributed by atoms with E-state index in [1.165, 1.54) is 0 Å². The van der Waals surface area contributed by atoms with Gasteiger partial charge in [0.15, 0.2) is 6.20 Å². The first kappa shape index (κ1) is 16.6. The number of hydrogen-bond donors (Lipinski definition) is 0. The van der Waals surface area contributed by atoms with Gasteiger partial charge in [0.1, 0.15) is 24.9 Å². The Bertz CT molecular complexity index is 541. The Kier molecular flexibility index (Phi) is 5.66. The van der Waals surface area contributed by atoms with E-state index in [0.29, 0.717) is 18.8 Å². The minimum absolute atomic E-state index is 0.0786. The third-order valence-corrected chi connectivity index (χ3v) is 3.82. The molecule has 0 amide bonds. The molecule has 0 N–H and O–H groups in total. The van der Waals surface area contributed by atoms with Crippen molar-refractivity contribution < 1.29 is 23.7 Å². The van der Waals surface area contributed by atoms with E-state index in [-0.39, 0.29) is 4.65 Å². The van der Waals surface area contributed by atoms with Crippen molar-refractivity contribution >= 4 is 5.57 Å². The summed E-state index contributed by atoms with van der Waals surface area (Å²) in [5.74, 6) is 0. The summed E-state index contributed by atoms with van der Waals surface area (Å²) in [6, 6.07) is 11.7. The van der Waals surface area contributed by atoms with Crippen molar-refractivity contribution in [2.24, 2.45) is 0 Å². The van der Waals surface area contributed by atoms with E-state index < -0.39 is 12.5 Å². The number of nitriles is 1. The summed E-state index contributed by atoms with van der Waals surface area (Å²) in [6.07, 6.45) is 0.895. The topological polar surface area (TPSA) is 60.7 Å². The van der Waals surface area contributed by atoms with Crippen LogP contribution in [0, 0.1) is 11.3 Å². The van der Waals surface area contributed by atoms with Gasteiger partial charge in [-0.05, 0) is 5.56 Å². The van der Waals surface area contributed by atoms with Gasteiger partial charge in [-0.3, -0.25) is 0 Å². The first-order valence-corrected chi connectivity index (χ1v) is 6.97. The van der Waals surface area contributed by atoms with E-state index in [4.69, 9.17) is 19.0 Å². The smallest absolute Gasteiger partial charge is 0.253 e. The molecule has 118 valence electrons. The predicted molar refractivity (Wildman–Crippen MR) is 79.7 cm³/mol. The first-order chi connectivity index (χ1) is 10.7. The number of rotatable bonds is 5. The summed E-state index contributed by atoms with van der Waals surface area (Å²) in [5, 5.41) is 9.54. The SMILES string of the molecule is COC1COCC(OC)[N+]1(/C=C(\C#N)c1ccccc1)OC. The van der Waals surface area contributed by atoms with Crippen LogP contribution < -0.4 is 0 Å². The van der Waals surface area contributed by atoms with Crippen LogP contribution in [-0.2, 0) is 19.0 Å². The highest BCUT2D eigenvalue weighted by molar-refractivity contribution is 5.75. The Hall–Kier alpha value is -1.75. The molecular weight excluding hydrogens is 284 g/mol. The van der Waals surface area contributed by atoms with Gasteiger partial charge in [-0.2, -0.15) is 10.1 Å². The Morgan fingerprint density at radius 1 is 1.18 bits per heavy atom. The van der Waals surface area contributed by atoms with Crippen LogP contribution in [0.25, 0.3) is 5.57 Å². The average molecular weight is 305 g/mol. The molecule has 2 rings (SSSR count). The van der Waals surface area contributed by atoms with Crippen LogP contribution in [0.2, 0.25) is 0 Å². The van der Waals surface area contributed by atoms with Crippen molar-refractivity contribution in [3.8, 4) is 6.07 Å². The summed E-state index contributed by atoms with van der Waals surface area (Å²) >= 11 is 0. The van der Waals surface area contributed by atoms with E-state index in [9.17, 15) is 5.26 Å². The summed E-state index contributed by atoms with van der Waals surface area (Å²) in [5.41, 5.74) is 1.31. The normalized spacial score (nSPS) is 29.1. The molecular formula is C16H21N2O4+. The predicted octanol–water partition coefficient (Wildman–Crippen LogP) is 1.90. The highest BCUT2D eigenvalue weighted by atomic mass is 16.8. The molecule has 6 nitrogen and oxygen atoms in total. The van der Waals surface area contributed by atoms with E-state index >= 15 is 0 Å². The molecule has 1 fully saturated rings. The Morgan fingerprint density at radius 3 is 2.23 bits per heavy atom. The quantitative estimate of drug-likeness (QED) is 0.614. The van der Waals surface area contributed by atoms with Gasteiger partial charge in [0.2, 0.25) is 0 Å². The number of quaternary nitrogens is 1. The molecule has 0 radical (unpaired) electrons. The van der Waals surface area contributed by atoms with Gasteiger partial charge < -0.3 is 14.2 Å². The molecule has 1 aromatic carbocycles. The number of ether oxygens (including phenoxy) is 3. The highest BCUT2D eigenvalue weighted by Crippen LogP contribution is 2.30. The molecule has 22 heavy (non-hydrogen) atoms. The van der Waals surface area contributed by atoms with Crippen LogP contribution in [0.15, 0.2) is 36.5 Å². The third kappa shape index (κ3) is 3.04. The van der Waals surface area contributed by atoms with E-state index in [1.807, 2.05) is 30.3 Å². The molecule has 0 aliphatic carbocycles. The molecule has 1 aliphatic rings. The van der Waals surface area contributed by atoms with Crippen molar-refractivity contribution in [3.63, 3.8) is 0 Å². The van der Waals surface area contributed by atoms with Gasteiger partial charge in [0.05, 0.1) is 7.11 Å². The second-order valence-electron chi connectivity index (χ2n) is 4.88. The molecule has 6 heteroatoms. The average Bonchev–Trinajstić information content (AvgIpc) is 2.59. The Morgan fingerprint density at radius 2 is 1.77 bits per heavy atom. The van der Waals surface area contributed by atoms with Gasteiger partial charge in [-0.1, -0.05) is 35.0 Å². The number of morpholine rings is 1. The molecule has 2 unspecified atom stereocenters. The summed E-state index contributed by atoms with van der Waals surface area (Å²) in [7, 11) is 4.74. The number of hydrogen-bond acceptors (Lipinski definition) is 5. The van der Waals surface area contributed by atoms with Crippen molar-refractivity contribution in [1.82, 2.24) is 0 Å². The lowest BCUT2D eigenvalue weighted by atomic mass is 10.1. The standard InChI is InChI=1S/C16H21N2O4/c1-19-15-11-22-12-16(20-2)18(15,21-3)10-14(9-17)13-7-5-4-6-8-13/h4-8,10,15-16H,11-12H2,1-3H3/q+1/b14-10+. The van der Waals surface area contributed by atoms with Crippen molar-refractivity contribution in [1.29, 1.82) is 5.26 Å². The fourth-order valence-electron chi connectivity index (χ4n) is 2.60. The lowest BCUT2D eigenvalue weighted by Crippen LogP contribution is -2.64. The van der Waals surface area contributed by atoms with Gasteiger partial charge >= 0.3 is 0 Å². The monoisotopic (exact) mass is 305 g/mol. The minimum atomic E-state index is -0.421. The number of benzene rings is 1. The zero-order valence-electron chi connectivity index (χ0n) is 13.1. The van der Waals surface area contributed by atoms with Gasteiger partial charge in [0.25, 0.3) is 12.5 Å². The van der Waals surface area contributed by atoms with Crippen molar-refractivity contribution in [2.45, 2.75) is 12.5 Å². The number of hydroxylamine groups is 3. The fraction of sp³-hybridized carbons (Fsp3) is 0.438. The molecule has 0 aromatic heterocycles. The first-order valence-electron chi connectivity index (χ1n) is 6.97. The van der Waals surface area contributed by atoms with E-state index in [2.05, 4.69) is 6.07 Å². The molecule has 0 spiro atoms. The largest absolute Gasteiger partial charge is 0.363 e. The zero-order valence-corrected chi connectivity index (χ0v) is 13.1. The van der Waals surface area contributed by atoms with Gasteiger partial charge in [-0.25, -0.2) is 0 Å². The highest BCUT2D eigenvalue weighted by Gasteiger charge is 2.50. The van der Waals surface area contributed by atoms with Crippen LogP contribution in [-0.4, -0.2) is 51.6 Å². The van der Waals surface area contributed by atoms with Crippen LogP contribution in [0.4, 0.5) is 0 Å². The summed E-state index contributed by atoms with van der Waals surface area (Å²) in [4.78, 5) is 5.72. The molecule has 1 heterocycles. The van der Waals surface area contributed by atoms with E-state index in [1.54, 1.807) is 27.5 Å².